The van der Waals surface area contributed by atoms with Crippen LogP contribution in [0.4, 0.5) is 5.69 Å². The van der Waals surface area contributed by atoms with E-state index in [-0.39, 0.29) is 17.5 Å². The van der Waals surface area contributed by atoms with Crippen LogP contribution in [0.5, 0.6) is 5.75 Å². The molecule has 3 aromatic carbocycles. The molecule has 3 aliphatic rings. The maximum absolute atomic E-state index is 14.6. The van der Waals surface area contributed by atoms with E-state index in [0.717, 1.165) is 16.7 Å². The fourth-order valence-corrected chi connectivity index (χ4v) is 7.97. The molecule has 0 aliphatic carbocycles. The summed E-state index contributed by atoms with van der Waals surface area (Å²) in [6, 6.07) is 22.7. The van der Waals surface area contributed by atoms with Crippen LogP contribution in [0.25, 0.3) is 6.08 Å². The highest BCUT2D eigenvalue weighted by molar-refractivity contribution is 9.10. The molecule has 1 spiro atoms. The number of nitrogens with zero attached hydrogens (tertiary/aromatic N) is 1. The van der Waals surface area contributed by atoms with Crippen molar-refractivity contribution in [2.45, 2.75) is 17.5 Å². The van der Waals surface area contributed by atoms with E-state index in [2.05, 4.69) is 21.2 Å². The van der Waals surface area contributed by atoms with Gasteiger partial charge in [0.15, 0.2) is 11.6 Å². The number of ketones is 2. The van der Waals surface area contributed by atoms with E-state index in [1.54, 1.807) is 31.4 Å². The van der Waals surface area contributed by atoms with Gasteiger partial charge in [-0.15, -0.1) is 11.3 Å². The molecule has 1 aromatic heterocycles. The minimum absolute atomic E-state index is 0.215. The molecule has 198 valence electrons. The van der Waals surface area contributed by atoms with Crippen molar-refractivity contribution in [3.8, 4) is 5.75 Å². The molecule has 4 atom stereocenters. The first-order valence-corrected chi connectivity index (χ1v) is 14.5. The van der Waals surface area contributed by atoms with E-state index in [4.69, 9.17) is 4.74 Å². The van der Waals surface area contributed by atoms with Gasteiger partial charge in [-0.1, -0.05) is 48.5 Å². The third-order valence-corrected chi connectivity index (χ3v) is 9.83. The van der Waals surface area contributed by atoms with Crippen molar-refractivity contribution in [3.05, 3.63) is 122 Å². The van der Waals surface area contributed by atoms with E-state index in [1.807, 2.05) is 77.2 Å². The molecule has 0 unspecified atom stereocenters. The molecule has 0 radical (unpaired) electrons. The summed E-state index contributed by atoms with van der Waals surface area (Å²) < 4.78 is 6.02. The number of para-hydroxylation sites is 1. The zero-order chi connectivity index (χ0) is 27.6. The predicted molar refractivity (Wildman–Crippen MR) is 158 cm³/mol. The predicted octanol–water partition coefficient (Wildman–Crippen LogP) is 6.50. The quantitative estimate of drug-likeness (QED) is 0.261. The topological polar surface area (TPSA) is 75.7 Å². The van der Waals surface area contributed by atoms with E-state index in [9.17, 15) is 14.4 Å². The van der Waals surface area contributed by atoms with Crippen LogP contribution < -0.4 is 10.1 Å². The van der Waals surface area contributed by atoms with Crippen molar-refractivity contribution in [1.29, 1.82) is 0 Å². The van der Waals surface area contributed by atoms with E-state index in [1.165, 1.54) is 11.3 Å². The van der Waals surface area contributed by atoms with Crippen LogP contribution in [0.2, 0.25) is 0 Å². The number of thiophene rings is 1. The summed E-state index contributed by atoms with van der Waals surface area (Å²) in [5.74, 6) is -1.10. The normalized spacial score (nSPS) is 23.9. The van der Waals surface area contributed by atoms with E-state index in [0.29, 0.717) is 26.4 Å². The highest BCUT2D eigenvalue weighted by Crippen LogP contribution is 2.62. The third kappa shape index (κ3) is 3.36. The van der Waals surface area contributed by atoms with Gasteiger partial charge in [-0.3, -0.25) is 14.4 Å². The Balaban J connectivity index is 1.52. The van der Waals surface area contributed by atoms with Crippen molar-refractivity contribution in [3.63, 3.8) is 0 Å². The van der Waals surface area contributed by atoms with Crippen molar-refractivity contribution in [2.75, 3.05) is 12.4 Å². The maximum atomic E-state index is 14.6. The Kier molecular flexibility index (Phi) is 5.80. The summed E-state index contributed by atoms with van der Waals surface area (Å²) in [4.78, 5) is 46.0. The molecule has 1 N–H and O–H groups in total. The fourth-order valence-electron chi connectivity index (χ4n) is 6.73. The molecule has 1 amide bonds. The molecule has 0 bridgehead atoms. The van der Waals surface area contributed by atoms with Gasteiger partial charge in [-0.05, 0) is 74.4 Å². The number of amides is 1. The van der Waals surface area contributed by atoms with Gasteiger partial charge in [0.2, 0.25) is 5.91 Å². The molecule has 40 heavy (non-hydrogen) atoms. The lowest BCUT2D eigenvalue weighted by Gasteiger charge is -2.38. The SMILES string of the molecule is COc1ccc(C(=O)[C@@H]2[C@H](C(=O)c3cccs3)[C@@]3(C(=O)Nc4ccccc43)[C@H]3c4ccccc4C=CN23)cc1Br. The molecule has 3 aliphatic heterocycles. The van der Waals surface area contributed by atoms with Gasteiger partial charge in [0.05, 0.1) is 28.4 Å². The van der Waals surface area contributed by atoms with E-state index < -0.39 is 23.4 Å². The molecule has 6 nitrogen and oxygen atoms in total. The molecule has 4 heterocycles. The Hall–Kier alpha value is -4.01. The van der Waals surface area contributed by atoms with Crippen LogP contribution in [-0.2, 0) is 10.2 Å². The number of carbonyl (C=O) groups is 3. The van der Waals surface area contributed by atoms with E-state index >= 15 is 0 Å². The number of carbonyl (C=O) groups excluding carboxylic acids is 3. The van der Waals surface area contributed by atoms with Gasteiger partial charge in [0.1, 0.15) is 17.2 Å². The molecule has 1 saturated heterocycles. The first-order chi connectivity index (χ1) is 19.5. The Bertz CT molecular complexity index is 1730. The Morgan fingerprint density at radius 2 is 1.80 bits per heavy atom. The zero-order valence-corrected chi connectivity index (χ0v) is 23.7. The number of hydrogen-bond acceptors (Lipinski definition) is 6. The summed E-state index contributed by atoms with van der Waals surface area (Å²) in [7, 11) is 1.56. The molecule has 4 aromatic rings. The first kappa shape index (κ1) is 25.0. The van der Waals surface area contributed by atoms with Crippen molar-refractivity contribution < 1.29 is 19.1 Å². The Labute approximate surface area is 243 Å². The van der Waals surface area contributed by atoms with Crippen molar-refractivity contribution in [1.82, 2.24) is 4.90 Å². The van der Waals surface area contributed by atoms with Crippen molar-refractivity contribution in [2.24, 2.45) is 5.92 Å². The van der Waals surface area contributed by atoms with Crippen LogP contribution in [0.3, 0.4) is 0 Å². The standard InChI is InChI=1S/C32H23BrN2O4S/c1-39-24-13-12-19(17-22(24)33)28(36)27-26(29(37)25-11-6-16-40-25)32(21-9-4-5-10-23(21)34-31(32)38)30-20-8-3-2-7-18(20)14-15-35(27)30/h2-17,26-27,30H,1H3,(H,34,38)/t26-,27+,30-,32-/m1/s1. The highest BCUT2D eigenvalue weighted by atomic mass is 79.9. The van der Waals surface area contributed by atoms with Crippen LogP contribution in [0.1, 0.15) is 42.8 Å². The molecular formula is C32H23BrN2O4S. The minimum atomic E-state index is -1.33. The van der Waals surface area contributed by atoms with Crippen LogP contribution in [0, 0.1) is 5.92 Å². The third-order valence-electron chi connectivity index (χ3n) is 8.32. The summed E-state index contributed by atoms with van der Waals surface area (Å²) >= 11 is 4.83. The monoisotopic (exact) mass is 610 g/mol. The van der Waals surface area contributed by atoms with Crippen LogP contribution >= 0.6 is 27.3 Å². The van der Waals surface area contributed by atoms with Crippen LogP contribution in [0.15, 0.2) is 94.9 Å². The highest BCUT2D eigenvalue weighted by Gasteiger charge is 2.70. The van der Waals surface area contributed by atoms with Crippen molar-refractivity contribution >= 4 is 56.5 Å². The lowest BCUT2D eigenvalue weighted by Crippen LogP contribution is -2.49. The average molecular weight is 612 g/mol. The smallest absolute Gasteiger partial charge is 0.238 e. The van der Waals surface area contributed by atoms with Gasteiger partial charge in [-0.2, -0.15) is 0 Å². The Morgan fingerprint density at radius 1 is 1.00 bits per heavy atom. The zero-order valence-electron chi connectivity index (χ0n) is 21.3. The number of Topliss-reactive ketones (excluding diaryl/α,β-unsaturated/α-hetero) is 2. The summed E-state index contributed by atoms with van der Waals surface area (Å²) in [5, 5.41) is 4.92. The number of hydrogen-bond donors (Lipinski definition) is 1. The largest absolute Gasteiger partial charge is 0.496 e. The average Bonchev–Trinajstić information content (AvgIpc) is 3.69. The van der Waals surface area contributed by atoms with Gasteiger partial charge >= 0.3 is 0 Å². The number of halogens is 1. The first-order valence-electron chi connectivity index (χ1n) is 12.9. The molecule has 8 heteroatoms. The van der Waals surface area contributed by atoms with Crippen LogP contribution in [-0.4, -0.2) is 35.5 Å². The second-order valence-corrected chi connectivity index (χ2v) is 11.9. The lowest BCUT2D eigenvalue weighted by atomic mass is 9.63. The maximum Gasteiger partial charge on any atom is 0.238 e. The second kappa shape index (κ2) is 9.28. The Morgan fingerprint density at radius 3 is 2.58 bits per heavy atom. The number of rotatable bonds is 5. The number of fused-ring (bicyclic) bond motifs is 6. The molecular weight excluding hydrogens is 588 g/mol. The summed E-state index contributed by atoms with van der Waals surface area (Å²) in [6.45, 7) is 0. The minimum Gasteiger partial charge on any atom is -0.496 e. The lowest BCUT2D eigenvalue weighted by molar-refractivity contribution is -0.122. The summed E-state index contributed by atoms with van der Waals surface area (Å²) in [6.07, 6.45) is 3.84. The molecule has 7 rings (SSSR count). The van der Waals surface area contributed by atoms with Gasteiger partial charge in [0.25, 0.3) is 0 Å². The number of benzene rings is 3. The van der Waals surface area contributed by atoms with Gasteiger partial charge in [-0.25, -0.2) is 0 Å². The molecule has 0 saturated carbocycles. The number of nitrogens with one attached hydrogen (secondary N) is 1. The number of ether oxygens (including phenoxy) is 1. The van der Waals surface area contributed by atoms with Gasteiger partial charge in [0, 0.05) is 17.5 Å². The second-order valence-electron chi connectivity index (χ2n) is 10.1. The summed E-state index contributed by atoms with van der Waals surface area (Å²) in [5.41, 5.74) is 2.37. The van der Waals surface area contributed by atoms with Gasteiger partial charge < -0.3 is 15.0 Å². The fraction of sp³-hybridized carbons (Fsp3) is 0.156. The number of anilines is 1. The number of methoxy groups -OCH3 is 1. The molecule has 1 fully saturated rings.